The van der Waals surface area contributed by atoms with Gasteiger partial charge in [0.15, 0.2) is 0 Å². The van der Waals surface area contributed by atoms with E-state index in [1.807, 2.05) is 0 Å². The van der Waals surface area contributed by atoms with E-state index in [0.717, 1.165) is 6.92 Å². The van der Waals surface area contributed by atoms with Gasteiger partial charge in [-0.05, 0) is 19.1 Å². The zero-order chi connectivity index (χ0) is 8.48. The minimum Gasteiger partial charge on any atom is -0.358 e. The molecule has 1 aromatic carbocycles. The van der Waals surface area contributed by atoms with Gasteiger partial charge in [0.2, 0.25) is 5.85 Å². The van der Waals surface area contributed by atoms with Crippen molar-refractivity contribution in [3.05, 3.63) is 34.9 Å². The molecule has 0 aliphatic rings. The van der Waals surface area contributed by atoms with Gasteiger partial charge in [-0.2, -0.15) is 0 Å². The molecular formula is C8H8ClFO. The maximum atomic E-state index is 12.8. The molecule has 60 valence electrons. The maximum absolute atomic E-state index is 12.8. The van der Waals surface area contributed by atoms with Gasteiger partial charge < -0.3 is 5.11 Å². The predicted molar refractivity (Wildman–Crippen MR) is 42.1 cm³/mol. The van der Waals surface area contributed by atoms with E-state index in [-0.39, 0.29) is 5.56 Å². The molecular weight excluding hydrogens is 167 g/mol. The number of halogens is 2. The van der Waals surface area contributed by atoms with Gasteiger partial charge in [-0.3, -0.25) is 0 Å². The van der Waals surface area contributed by atoms with Crippen LogP contribution < -0.4 is 0 Å². The van der Waals surface area contributed by atoms with Crippen LogP contribution in [0.15, 0.2) is 24.3 Å². The topological polar surface area (TPSA) is 20.2 Å². The molecule has 0 radical (unpaired) electrons. The largest absolute Gasteiger partial charge is 0.358 e. The number of aliphatic hydroxyl groups is 1. The highest BCUT2D eigenvalue weighted by Crippen LogP contribution is 2.23. The molecule has 1 rings (SSSR count). The van der Waals surface area contributed by atoms with Crippen LogP contribution in [0.3, 0.4) is 0 Å². The Kier molecular flexibility index (Phi) is 2.16. The molecule has 1 nitrogen and oxygen atoms in total. The summed E-state index contributed by atoms with van der Waals surface area (Å²) in [5.74, 6) is -2.30. The third-order valence-electron chi connectivity index (χ3n) is 1.35. The van der Waals surface area contributed by atoms with Crippen LogP contribution in [0.4, 0.5) is 4.39 Å². The van der Waals surface area contributed by atoms with Crippen molar-refractivity contribution >= 4 is 11.6 Å². The van der Waals surface area contributed by atoms with Crippen LogP contribution in [0.5, 0.6) is 0 Å². The molecule has 0 amide bonds. The van der Waals surface area contributed by atoms with E-state index in [9.17, 15) is 4.39 Å². The molecule has 11 heavy (non-hydrogen) atoms. The molecule has 0 aromatic heterocycles. The van der Waals surface area contributed by atoms with Gasteiger partial charge in [0.25, 0.3) is 0 Å². The quantitative estimate of drug-likeness (QED) is 0.694. The van der Waals surface area contributed by atoms with Gasteiger partial charge in [-0.25, -0.2) is 4.39 Å². The second-order valence-corrected chi connectivity index (χ2v) is 2.90. The molecule has 0 fully saturated rings. The van der Waals surface area contributed by atoms with Crippen LogP contribution in [0.25, 0.3) is 0 Å². The Labute approximate surface area is 69.4 Å². The van der Waals surface area contributed by atoms with Crippen molar-refractivity contribution in [2.45, 2.75) is 12.8 Å². The summed E-state index contributed by atoms with van der Waals surface area (Å²) < 4.78 is 12.8. The van der Waals surface area contributed by atoms with Gasteiger partial charge in [-0.1, -0.05) is 23.7 Å². The number of benzene rings is 1. The van der Waals surface area contributed by atoms with Crippen LogP contribution in [0.1, 0.15) is 12.5 Å². The molecule has 0 bridgehead atoms. The van der Waals surface area contributed by atoms with Crippen molar-refractivity contribution in [3.8, 4) is 0 Å². The fourth-order valence-electron chi connectivity index (χ4n) is 0.772. The van der Waals surface area contributed by atoms with E-state index in [0.29, 0.717) is 5.02 Å². The fourth-order valence-corrected chi connectivity index (χ4v) is 0.963. The van der Waals surface area contributed by atoms with Gasteiger partial charge in [0.05, 0.1) is 0 Å². The van der Waals surface area contributed by atoms with E-state index in [4.69, 9.17) is 16.7 Å². The first-order valence-corrected chi connectivity index (χ1v) is 3.55. The van der Waals surface area contributed by atoms with Gasteiger partial charge in [0.1, 0.15) is 0 Å². The Balaban J connectivity index is 3.06. The minimum absolute atomic E-state index is 0.171. The predicted octanol–water partition coefficient (Wildman–Crippen LogP) is 2.47. The number of rotatable bonds is 1. The SMILES string of the molecule is CC(O)(F)c1cccc(Cl)c1. The standard InChI is InChI=1S/C8H8ClFO/c1-8(10,11)6-3-2-4-7(9)5-6/h2-5,11H,1H3. The molecule has 0 spiro atoms. The second-order valence-electron chi connectivity index (χ2n) is 2.46. The first kappa shape index (κ1) is 8.50. The molecule has 1 unspecified atom stereocenters. The van der Waals surface area contributed by atoms with Crippen molar-refractivity contribution in [2.75, 3.05) is 0 Å². The summed E-state index contributed by atoms with van der Waals surface area (Å²) >= 11 is 5.57. The maximum Gasteiger partial charge on any atom is 0.230 e. The summed E-state index contributed by atoms with van der Waals surface area (Å²) in [6.45, 7) is 1.07. The molecule has 1 atom stereocenters. The average molecular weight is 175 g/mol. The Hall–Kier alpha value is -0.600. The Morgan fingerprint density at radius 3 is 2.55 bits per heavy atom. The fraction of sp³-hybridized carbons (Fsp3) is 0.250. The smallest absolute Gasteiger partial charge is 0.230 e. The van der Waals surface area contributed by atoms with E-state index in [1.165, 1.54) is 12.1 Å². The van der Waals surface area contributed by atoms with Gasteiger partial charge in [0, 0.05) is 10.6 Å². The summed E-state index contributed by atoms with van der Waals surface area (Å²) in [5, 5.41) is 9.31. The lowest BCUT2D eigenvalue weighted by Crippen LogP contribution is -2.12. The normalized spacial score (nSPS) is 16.0. The monoisotopic (exact) mass is 174 g/mol. The summed E-state index contributed by atoms with van der Waals surface area (Å²) in [7, 11) is 0. The third kappa shape index (κ3) is 2.17. The Bertz CT molecular complexity index is 255. The highest BCUT2D eigenvalue weighted by atomic mass is 35.5. The van der Waals surface area contributed by atoms with Crippen LogP contribution >= 0.6 is 11.6 Å². The minimum atomic E-state index is -2.30. The summed E-state index contributed by atoms with van der Waals surface area (Å²) in [5.41, 5.74) is 0.171. The van der Waals surface area contributed by atoms with Crippen molar-refractivity contribution in [2.24, 2.45) is 0 Å². The molecule has 1 aromatic rings. The molecule has 0 aliphatic heterocycles. The van der Waals surface area contributed by atoms with Crippen LogP contribution in [0.2, 0.25) is 5.02 Å². The lowest BCUT2D eigenvalue weighted by molar-refractivity contribution is -0.0768. The lowest BCUT2D eigenvalue weighted by atomic mass is 10.1. The number of alkyl halides is 1. The molecule has 0 heterocycles. The van der Waals surface area contributed by atoms with Crippen molar-refractivity contribution < 1.29 is 9.50 Å². The number of hydrogen-bond donors (Lipinski definition) is 1. The molecule has 0 aliphatic carbocycles. The number of hydrogen-bond acceptors (Lipinski definition) is 1. The molecule has 1 N–H and O–H groups in total. The molecule has 0 saturated carbocycles. The van der Waals surface area contributed by atoms with E-state index in [2.05, 4.69) is 0 Å². The van der Waals surface area contributed by atoms with Crippen molar-refractivity contribution in [3.63, 3.8) is 0 Å². The zero-order valence-corrected chi connectivity index (χ0v) is 6.77. The second kappa shape index (κ2) is 2.80. The van der Waals surface area contributed by atoms with E-state index < -0.39 is 5.85 Å². The first-order valence-electron chi connectivity index (χ1n) is 3.17. The van der Waals surface area contributed by atoms with Crippen LogP contribution in [0, 0.1) is 0 Å². The first-order chi connectivity index (χ1) is 5.00. The van der Waals surface area contributed by atoms with Gasteiger partial charge in [-0.15, -0.1) is 0 Å². The highest BCUT2D eigenvalue weighted by molar-refractivity contribution is 6.30. The van der Waals surface area contributed by atoms with Crippen molar-refractivity contribution in [1.82, 2.24) is 0 Å². The third-order valence-corrected chi connectivity index (χ3v) is 1.59. The van der Waals surface area contributed by atoms with Crippen LogP contribution in [-0.2, 0) is 5.85 Å². The summed E-state index contributed by atoms with van der Waals surface area (Å²) in [4.78, 5) is 0. The van der Waals surface area contributed by atoms with Crippen LogP contribution in [-0.4, -0.2) is 5.11 Å². The zero-order valence-electron chi connectivity index (χ0n) is 6.01. The molecule has 0 saturated heterocycles. The van der Waals surface area contributed by atoms with Gasteiger partial charge >= 0.3 is 0 Å². The van der Waals surface area contributed by atoms with E-state index in [1.54, 1.807) is 12.1 Å². The van der Waals surface area contributed by atoms with Crippen molar-refractivity contribution in [1.29, 1.82) is 0 Å². The summed E-state index contributed by atoms with van der Waals surface area (Å²) in [6.07, 6.45) is 0. The van der Waals surface area contributed by atoms with E-state index >= 15 is 0 Å². The lowest BCUT2D eigenvalue weighted by Gasteiger charge is -2.12. The summed E-state index contributed by atoms with van der Waals surface area (Å²) in [6, 6.07) is 6.08. The Morgan fingerprint density at radius 2 is 2.18 bits per heavy atom. The highest BCUT2D eigenvalue weighted by Gasteiger charge is 2.20. The molecule has 3 heteroatoms. The Morgan fingerprint density at radius 1 is 1.55 bits per heavy atom. The average Bonchev–Trinajstić information content (AvgIpc) is 1.86.